The van der Waals surface area contributed by atoms with E-state index in [0.29, 0.717) is 19.4 Å². The van der Waals surface area contributed by atoms with Gasteiger partial charge < -0.3 is 15.5 Å². The second-order valence-corrected chi connectivity index (χ2v) is 8.27. The molecule has 8 heteroatoms. The van der Waals surface area contributed by atoms with E-state index < -0.39 is 5.54 Å². The van der Waals surface area contributed by atoms with E-state index in [0.717, 1.165) is 43.7 Å². The minimum Gasteiger partial charge on any atom is -0.357 e. The molecule has 3 fully saturated rings. The summed E-state index contributed by atoms with van der Waals surface area (Å²) in [4.78, 5) is 45.2. The summed E-state index contributed by atoms with van der Waals surface area (Å²) >= 11 is 0. The number of hydrogen-bond acceptors (Lipinski definition) is 5. The zero-order chi connectivity index (χ0) is 20.3. The highest BCUT2D eigenvalue weighted by molar-refractivity contribution is 6.07. The highest BCUT2D eigenvalue weighted by Crippen LogP contribution is 2.33. The number of imide groups is 1. The van der Waals surface area contributed by atoms with Crippen LogP contribution in [0.2, 0.25) is 0 Å². The molecule has 4 rings (SSSR count). The number of carbonyl (C=O) groups is 3. The molecule has 0 unspecified atom stereocenters. The number of urea groups is 1. The molecule has 29 heavy (non-hydrogen) atoms. The summed E-state index contributed by atoms with van der Waals surface area (Å²) in [5.74, 6) is 0.612. The van der Waals surface area contributed by atoms with Crippen LogP contribution in [0.4, 0.5) is 10.6 Å². The predicted octanol–water partition coefficient (Wildman–Crippen LogP) is 1.94. The molecule has 8 nitrogen and oxygen atoms in total. The predicted molar refractivity (Wildman–Crippen MR) is 108 cm³/mol. The van der Waals surface area contributed by atoms with Gasteiger partial charge in [0.15, 0.2) is 0 Å². The van der Waals surface area contributed by atoms with Crippen LogP contribution in [0.3, 0.4) is 0 Å². The molecular formula is C21H29N5O3. The third-order valence-electron chi connectivity index (χ3n) is 6.25. The Morgan fingerprint density at radius 3 is 2.66 bits per heavy atom. The van der Waals surface area contributed by atoms with Gasteiger partial charge in [-0.05, 0) is 43.4 Å². The van der Waals surface area contributed by atoms with E-state index in [4.69, 9.17) is 0 Å². The summed E-state index contributed by atoms with van der Waals surface area (Å²) in [5.41, 5.74) is 0.265. The number of nitrogens with one attached hydrogen (secondary N) is 2. The van der Waals surface area contributed by atoms with Gasteiger partial charge in [-0.15, -0.1) is 0 Å². The van der Waals surface area contributed by atoms with Crippen LogP contribution in [-0.4, -0.2) is 52.9 Å². The minimum atomic E-state index is -0.727. The summed E-state index contributed by atoms with van der Waals surface area (Å²) in [5, 5.41) is 5.76. The van der Waals surface area contributed by atoms with Crippen molar-refractivity contribution < 1.29 is 14.4 Å². The van der Waals surface area contributed by atoms with Gasteiger partial charge in [0.25, 0.3) is 5.91 Å². The van der Waals surface area contributed by atoms with Crippen LogP contribution in [0, 0.1) is 0 Å². The minimum absolute atomic E-state index is 0.110. The van der Waals surface area contributed by atoms with Crippen LogP contribution < -0.4 is 15.5 Å². The molecule has 1 aliphatic carbocycles. The van der Waals surface area contributed by atoms with Gasteiger partial charge in [-0.2, -0.15) is 0 Å². The Hall–Kier alpha value is -2.64. The maximum atomic E-state index is 12.7. The van der Waals surface area contributed by atoms with Crippen molar-refractivity contribution in [1.29, 1.82) is 0 Å². The highest BCUT2D eigenvalue weighted by Gasteiger charge is 2.51. The van der Waals surface area contributed by atoms with Crippen molar-refractivity contribution in [2.75, 3.05) is 24.5 Å². The first kappa shape index (κ1) is 19.7. The zero-order valence-electron chi connectivity index (χ0n) is 16.8. The normalized spacial score (nSPS) is 21.0. The van der Waals surface area contributed by atoms with Gasteiger partial charge in [0.05, 0.1) is 0 Å². The molecule has 0 radical (unpaired) electrons. The van der Waals surface area contributed by atoms with Crippen LogP contribution >= 0.6 is 0 Å². The number of amides is 4. The number of anilines is 1. The Balaban J connectivity index is 1.27. The monoisotopic (exact) mass is 399 g/mol. The van der Waals surface area contributed by atoms with Gasteiger partial charge in [-0.25, -0.2) is 9.78 Å². The molecule has 3 aliphatic rings. The van der Waals surface area contributed by atoms with Gasteiger partial charge in [-0.3, -0.25) is 14.5 Å². The topological polar surface area (TPSA) is 94.6 Å². The first-order chi connectivity index (χ1) is 14.1. The molecule has 1 aromatic rings. The molecule has 2 aliphatic heterocycles. The highest BCUT2D eigenvalue weighted by atomic mass is 16.2. The molecule has 1 saturated carbocycles. The first-order valence-electron chi connectivity index (χ1n) is 10.7. The van der Waals surface area contributed by atoms with Gasteiger partial charge in [0.2, 0.25) is 5.91 Å². The fourth-order valence-corrected chi connectivity index (χ4v) is 4.57. The lowest BCUT2D eigenvalue weighted by Crippen LogP contribution is -2.48. The zero-order valence-corrected chi connectivity index (χ0v) is 16.8. The Morgan fingerprint density at radius 2 is 1.90 bits per heavy atom. The molecule has 2 N–H and O–H groups in total. The van der Waals surface area contributed by atoms with Gasteiger partial charge in [0.1, 0.15) is 11.4 Å². The maximum Gasteiger partial charge on any atom is 0.325 e. The Bertz CT molecular complexity index is 784. The summed E-state index contributed by atoms with van der Waals surface area (Å²) in [6.07, 6.45) is 8.65. The first-order valence-corrected chi connectivity index (χ1v) is 10.7. The van der Waals surface area contributed by atoms with Crippen molar-refractivity contribution >= 4 is 23.7 Å². The van der Waals surface area contributed by atoms with E-state index in [-0.39, 0.29) is 30.8 Å². The molecule has 0 bridgehead atoms. The van der Waals surface area contributed by atoms with Gasteiger partial charge in [-0.1, -0.05) is 19.3 Å². The molecular weight excluding hydrogens is 370 g/mol. The molecule has 1 spiro atoms. The van der Waals surface area contributed by atoms with Crippen LogP contribution in [0.25, 0.3) is 0 Å². The lowest BCUT2D eigenvalue weighted by molar-refractivity contribution is -0.132. The lowest BCUT2D eigenvalue weighted by Gasteiger charge is -2.30. The van der Waals surface area contributed by atoms with E-state index in [1.807, 2.05) is 12.1 Å². The number of hydrogen-bond donors (Lipinski definition) is 2. The fraction of sp³-hybridized carbons (Fsp3) is 0.619. The standard InChI is InChI=1S/C21H29N5O3/c27-18(23-15-16-6-10-22-17(14-16)25-11-4-5-12-25)7-13-26-19(28)21(24-20(26)29)8-2-1-3-9-21/h6,10,14H,1-5,7-9,11-13,15H2,(H,23,27)(H,24,29). The van der Waals surface area contributed by atoms with Crippen LogP contribution in [0.1, 0.15) is 56.9 Å². The molecule has 0 aromatic carbocycles. The SMILES string of the molecule is O=C(CCN1C(=O)NC2(CCCCC2)C1=O)NCc1ccnc(N2CCCC2)c1. The Kier molecular flexibility index (Phi) is 5.69. The van der Waals surface area contributed by atoms with E-state index in [1.165, 1.54) is 17.7 Å². The summed E-state index contributed by atoms with van der Waals surface area (Å²) < 4.78 is 0. The second kappa shape index (κ2) is 8.39. The van der Waals surface area contributed by atoms with Crippen molar-refractivity contribution in [3.63, 3.8) is 0 Å². The number of pyridine rings is 1. The molecule has 1 aromatic heterocycles. The van der Waals surface area contributed by atoms with Crippen LogP contribution in [-0.2, 0) is 16.1 Å². The van der Waals surface area contributed by atoms with Crippen LogP contribution in [0.15, 0.2) is 18.3 Å². The lowest BCUT2D eigenvalue weighted by atomic mass is 9.82. The van der Waals surface area contributed by atoms with Crippen molar-refractivity contribution in [1.82, 2.24) is 20.5 Å². The van der Waals surface area contributed by atoms with Gasteiger partial charge >= 0.3 is 6.03 Å². The number of rotatable bonds is 6. The number of aromatic nitrogens is 1. The average Bonchev–Trinajstić information content (AvgIpc) is 3.34. The van der Waals surface area contributed by atoms with E-state index in [9.17, 15) is 14.4 Å². The molecule has 156 valence electrons. The van der Waals surface area contributed by atoms with E-state index >= 15 is 0 Å². The fourth-order valence-electron chi connectivity index (χ4n) is 4.57. The summed E-state index contributed by atoms with van der Waals surface area (Å²) in [6.45, 7) is 2.58. The van der Waals surface area contributed by atoms with Gasteiger partial charge in [0, 0.05) is 38.8 Å². The summed E-state index contributed by atoms with van der Waals surface area (Å²) in [6, 6.07) is 3.54. The van der Waals surface area contributed by atoms with E-state index in [1.54, 1.807) is 6.20 Å². The van der Waals surface area contributed by atoms with Crippen molar-refractivity contribution in [3.05, 3.63) is 23.9 Å². The largest absolute Gasteiger partial charge is 0.357 e. The number of carbonyl (C=O) groups excluding carboxylic acids is 3. The number of nitrogens with zero attached hydrogens (tertiary/aromatic N) is 3. The molecule has 2 saturated heterocycles. The third kappa shape index (κ3) is 4.21. The Morgan fingerprint density at radius 1 is 1.14 bits per heavy atom. The van der Waals surface area contributed by atoms with Crippen LogP contribution in [0.5, 0.6) is 0 Å². The Labute approximate surface area is 171 Å². The third-order valence-corrected chi connectivity index (χ3v) is 6.25. The van der Waals surface area contributed by atoms with Crippen molar-refractivity contribution in [2.24, 2.45) is 0 Å². The molecule has 0 atom stereocenters. The van der Waals surface area contributed by atoms with Crippen molar-refractivity contribution in [3.8, 4) is 0 Å². The second-order valence-electron chi connectivity index (χ2n) is 8.27. The maximum absolute atomic E-state index is 12.7. The summed E-state index contributed by atoms with van der Waals surface area (Å²) in [7, 11) is 0. The smallest absolute Gasteiger partial charge is 0.325 e. The molecule has 4 amide bonds. The molecule has 3 heterocycles. The van der Waals surface area contributed by atoms with Crippen molar-refractivity contribution in [2.45, 2.75) is 63.5 Å². The van der Waals surface area contributed by atoms with E-state index in [2.05, 4.69) is 20.5 Å². The quantitative estimate of drug-likeness (QED) is 0.713. The average molecular weight is 399 g/mol.